The van der Waals surface area contributed by atoms with Crippen molar-refractivity contribution in [2.75, 3.05) is 0 Å². The van der Waals surface area contributed by atoms with E-state index in [1.54, 1.807) is 24.3 Å². The van der Waals surface area contributed by atoms with Crippen LogP contribution in [-0.4, -0.2) is 35.4 Å². The number of amides is 1. The number of halogens is 1. The highest BCUT2D eigenvalue weighted by Gasteiger charge is 2.35. The van der Waals surface area contributed by atoms with E-state index in [0.717, 1.165) is 17.9 Å². The van der Waals surface area contributed by atoms with E-state index in [1.807, 2.05) is 6.92 Å². The van der Waals surface area contributed by atoms with Crippen molar-refractivity contribution < 1.29 is 17.4 Å². The first kappa shape index (κ1) is 22.3. The number of carbonyl (C=O) groups is 1. The lowest BCUT2D eigenvalue weighted by Crippen LogP contribution is -2.35. The lowest BCUT2D eigenvalue weighted by atomic mass is 10.1. The van der Waals surface area contributed by atoms with Crippen LogP contribution in [0.4, 0.5) is 0 Å². The van der Waals surface area contributed by atoms with Crippen LogP contribution in [0.3, 0.4) is 0 Å². The second-order valence-corrected chi connectivity index (χ2v) is 9.80. The number of fused-ring (bicyclic) bond motifs is 1. The summed E-state index contributed by atoms with van der Waals surface area (Å²) in [4.78, 5) is 16.5. The van der Waals surface area contributed by atoms with E-state index in [0.29, 0.717) is 10.7 Å². The minimum atomic E-state index is -4.04. The van der Waals surface area contributed by atoms with E-state index >= 15 is 0 Å². The zero-order valence-corrected chi connectivity index (χ0v) is 19.2. The van der Waals surface area contributed by atoms with Gasteiger partial charge in [-0.25, -0.2) is 0 Å². The van der Waals surface area contributed by atoms with Crippen molar-refractivity contribution in [2.45, 2.75) is 24.7 Å². The summed E-state index contributed by atoms with van der Waals surface area (Å²) >= 11 is 7.52. The monoisotopic (exact) mass is 488 g/mol. The van der Waals surface area contributed by atoms with Gasteiger partial charge in [-0.1, -0.05) is 42.8 Å². The molecule has 0 aliphatic carbocycles. The van der Waals surface area contributed by atoms with Gasteiger partial charge in [0.25, 0.3) is 5.91 Å². The average Bonchev–Trinajstić information content (AvgIpc) is 3.16. The molecule has 0 saturated heterocycles. The minimum absolute atomic E-state index is 0.00339. The Morgan fingerprint density at radius 1 is 1.22 bits per heavy atom. The highest BCUT2D eigenvalue weighted by atomic mass is 35.5. The summed E-state index contributed by atoms with van der Waals surface area (Å²) in [7, 11) is -4.04. The second kappa shape index (κ2) is 8.89. The van der Waals surface area contributed by atoms with Gasteiger partial charge in [0.05, 0.1) is 10.6 Å². The third-order valence-corrected chi connectivity index (χ3v) is 6.97. The molecule has 0 saturated carbocycles. The molecule has 0 atom stereocenters. The quantitative estimate of drug-likeness (QED) is 0.472. The fourth-order valence-electron chi connectivity index (χ4n) is 2.94. The van der Waals surface area contributed by atoms with Gasteiger partial charge in [-0.2, -0.15) is 23.5 Å². The van der Waals surface area contributed by atoms with Gasteiger partial charge in [-0.15, -0.1) is 0 Å². The van der Waals surface area contributed by atoms with Gasteiger partial charge in [0, 0.05) is 0 Å². The molecule has 4 rings (SSSR count). The smallest absolute Gasteiger partial charge is 0.339 e. The Morgan fingerprint density at radius 2 is 1.97 bits per heavy atom. The van der Waals surface area contributed by atoms with E-state index < -0.39 is 16.0 Å². The molecule has 11 heteroatoms. The Bertz CT molecular complexity index is 1300. The Morgan fingerprint density at radius 3 is 2.66 bits per heavy atom. The normalized spacial score (nSPS) is 17.3. The van der Waals surface area contributed by atoms with E-state index in [2.05, 4.69) is 10.1 Å². The molecule has 8 nitrogen and oxygen atoms in total. The van der Waals surface area contributed by atoms with E-state index in [1.165, 1.54) is 47.1 Å². The first-order valence-electron chi connectivity index (χ1n) is 9.56. The highest BCUT2D eigenvalue weighted by molar-refractivity contribution is 8.26. The molecule has 0 unspecified atom stereocenters. The fourth-order valence-corrected chi connectivity index (χ4v) is 5.17. The number of hydrogen-bond donors (Lipinski definition) is 1. The SMILES string of the molecule is CCCC1=NN2C(=N)C(=Cc3ccc(OS(=O)(=O)c4ccccc4)c(Cl)c3)C(=O)N=C2S1. The standard InChI is InChI=1S/C21H17ClN4O4S2/c1-2-6-18-25-26-19(23)15(20(27)24-21(26)31-18)11-13-9-10-17(16(22)12-13)30-32(28,29)14-7-4-3-5-8-14/h3-5,7-12,23H,2,6H2,1H3. The molecule has 32 heavy (non-hydrogen) atoms. The molecule has 1 amide bonds. The Hall–Kier alpha value is -2.95. The Kier molecular flexibility index (Phi) is 6.18. The predicted octanol–water partition coefficient (Wildman–Crippen LogP) is 4.53. The predicted molar refractivity (Wildman–Crippen MR) is 126 cm³/mol. The number of hydrogen-bond acceptors (Lipinski definition) is 7. The van der Waals surface area contributed by atoms with Crippen molar-refractivity contribution in [3.05, 3.63) is 64.7 Å². The number of aliphatic imine (C=N–C) groups is 1. The van der Waals surface area contributed by atoms with Crippen LogP contribution in [0.25, 0.3) is 6.08 Å². The van der Waals surface area contributed by atoms with E-state index in [-0.39, 0.29) is 27.1 Å². The molecule has 2 heterocycles. The molecule has 0 spiro atoms. The number of nitrogens with zero attached hydrogens (tertiary/aromatic N) is 3. The fraction of sp³-hybridized carbons (Fsp3) is 0.143. The summed E-state index contributed by atoms with van der Waals surface area (Å²) in [5.74, 6) is -0.681. The van der Waals surface area contributed by atoms with Crippen molar-refractivity contribution >= 4 is 61.5 Å². The molecule has 2 aliphatic heterocycles. The molecule has 0 fully saturated rings. The maximum atomic E-state index is 12.5. The molecule has 0 aromatic heterocycles. The van der Waals surface area contributed by atoms with Gasteiger partial charge in [-0.05, 0) is 60.5 Å². The zero-order chi connectivity index (χ0) is 22.9. The Balaban J connectivity index is 1.59. The van der Waals surface area contributed by atoms with Gasteiger partial charge in [0.15, 0.2) is 11.6 Å². The van der Waals surface area contributed by atoms with Crippen molar-refractivity contribution in [3.8, 4) is 5.75 Å². The number of amidine groups is 2. The van der Waals surface area contributed by atoms with Gasteiger partial charge in [0.1, 0.15) is 9.94 Å². The summed E-state index contributed by atoms with van der Waals surface area (Å²) in [5.41, 5.74) is 0.535. The van der Waals surface area contributed by atoms with Crippen molar-refractivity contribution in [2.24, 2.45) is 10.1 Å². The van der Waals surface area contributed by atoms with Crippen molar-refractivity contribution in [1.82, 2.24) is 5.01 Å². The van der Waals surface area contributed by atoms with Gasteiger partial charge in [0.2, 0.25) is 5.17 Å². The van der Waals surface area contributed by atoms with Crippen LogP contribution in [0.5, 0.6) is 5.75 Å². The molecule has 164 valence electrons. The van der Waals surface area contributed by atoms with Crippen LogP contribution in [0, 0.1) is 5.41 Å². The van der Waals surface area contributed by atoms with E-state index in [9.17, 15) is 13.2 Å². The number of rotatable bonds is 6. The summed E-state index contributed by atoms with van der Waals surface area (Å²) in [6, 6.07) is 12.1. The third kappa shape index (κ3) is 4.47. The first-order chi connectivity index (χ1) is 15.3. The largest absolute Gasteiger partial charge is 0.377 e. The number of carbonyl (C=O) groups excluding carboxylic acids is 1. The first-order valence-corrected chi connectivity index (χ1v) is 12.2. The van der Waals surface area contributed by atoms with Gasteiger partial charge < -0.3 is 4.18 Å². The number of nitrogens with one attached hydrogen (secondary N) is 1. The zero-order valence-electron chi connectivity index (χ0n) is 16.8. The maximum Gasteiger partial charge on any atom is 0.339 e. The second-order valence-electron chi connectivity index (χ2n) is 6.80. The summed E-state index contributed by atoms with van der Waals surface area (Å²) < 4.78 is 30.0. The summed E-state index contributed by atoms with van der Waals surface area (Å²) in [6.07, 6.45) is 3.10. The molecule has 2 aliphatic rings. The molecule has 1 N–H and O–H groups in total. The Labute approximate surface area is 194 Å². The van der Waals surface area contributed by atoms with Crippen LogP contribution in [0.15, 0.2) is 69.1 Å². The maximum absolute atomic E-state index is 12.5. The number of thioether (sulfide) groups is 1. The average molecular weight is 489 g/mol. The van der Waals surface area contributed by atoms with Crippen LogP contribution < -0.4 is 4.18 Å². The van der Waals surface area contributed by atoms with E-state index in [4.69, 9.17) is 21.2 Å². The van der Waals surface area contributed by atoms with Crippen LogP contribution in [0.1, 0.15) is 25.3 Å². The summed E-state index contributed by atoms with van der Waals surface area (Å²) in [6.45, 7) is 2.02. The van der Waals surface area contributed by atoms with Crippen molar-refractivity contribution in [3.63, 3.8) is 0 Å². The summed E-state index contributed by atoms with van der Waals surface area (Å²) in [5, 5.41) is 15.3. The van der Waals surface area contributed by atoms with Gasteiger partial charge >= 0.3 is 10.1 Å². The van der Waals surface area contributed by atoms with Crippen molar-refractivity contribution in [1.29, 1.82) is 5.41 Å². The van der Waals surface area contributed by atoms with Crippen LogP contribution in [-0.2, 0) is 14.9 Å². The number of hydrazone groups is 1. The molecule has 2 aromatic carbocycles. The minimum Gasteiger partial charge on any atom is -0.377 e. The third-order valence-electron chi connectivity index (χ3n) is 4.46. The van der Waals surface area contributed by atoms with Gasteiger partial charge in [-0.3, -0.25) is 10.2 Å². The lowest BCUT2D eigenvalue weighted by molar-refractivity contribution is -0.114. The topological polar surface area (TPSA) is 112 Å². The molecule has 2 aromatic rings. The number of benzene rings is 2. The molecular formula is C21H17ClN4O4S2. The lowest BCUT2D eigenvalue weighted by Gasteiger charge is -2.20. The molecular weight excluding hydrogens is 472 g/mol. The molecule has 0 bridgehead atoms. The van der Waals surface area contributed by atoms with Crippen LogP contribution >= 0.6 is 23.4 Å². The molecule has 0 radical (unpaired) electrons. The highest BCUT2D eigenvalue weighted by Crippen LogP contribution is 2.32. The van der Waals surface area contributed by atoms with Crippen LogP contribution in [0.2, 0.25) is 5.02 Å².